The molecular weight excluding hydrogens is 291 g/mol. The highest BCUT2D eigenvalue weighted by molar-refractivity contribution is 7.91. The van der Waals surface area contributed by atoms with Crippen molar-refractivity contribution in [1.82, 2.24) is 0 Å². The molecule has 16 heavy (non-hydrogen) atoms. The van der Waals surface area contributed by atoms with Crippen LogP contribution in [0.3, 0.4) is 0 Å². The molecule has 6 heteroatoms. The molecule has 0 radical (unpaired) electrons. The normalized spacial score (nSPS) is 13.8. The van der Waals surface area contributed by atoms with Gasteiger partial charge in [-0.15, -0.1) is 11.6 Å². The molecule has 0 saturated heterocycles. The molecule has 0 bridgehead atoms. The first-order chi connectivity index (χ1) is 7.36. The van der Waals surface area contributed by atoms with Crippen molar-refractivity contribution < 1.29 is 8.42 Å². The topological polar surface area (TPSA) is 34.1 Å². The average Bonchev–Trinajstić information content (AvgIpc) is 2.21. The molecule has 0 spiro atoms. The van der Waals surface area contributed by atoms with Crippen LogP contribution in [0.15, 0.2) is 23.1 Å². The maximum Gasteiger partial charge on any atom is 0.178 e. The molecule has 1 rings (SSSR count). The smallest absolute Gasteiger partial charge is 0.178 e. The predicted octanol–water partition coefficient (Wildman–Crippen LogP) is 3.64. The molecule has 2 nitrogen and oxygen atoms in total. The lowest BCUT2D eigenvalue weighted by Gasteiger charge is -2.09. The fourth-order valence-electron chi connectivity index (χ4n) is 1.19. The number of alkyl halides is 1. The fourth-order valence-corrected chi connectivity index (χ4v) is 3.42. The van der Waals surface area contributed by atoms with Gasteiger partial charge < -0.3 is 0 Å². The van der Waals surface area contributed by atoms with Gasteiger partial charge in [0, 0.05) is 5.88 Å². The number of benzene rings is 1. The Balaban J connectivity index is 3.03. The zero-order valence-electron chi connectivity index (χ0n) is 8.58. The van der Waals surface area contributed by atoms with Gasteiger partial charge in [0.1, 0.15) is 0 Å². The molecule has 0 saturated carbocycles. The van der Waals surface area contributed by atoms with Crippen LogP contribution in [0.1, 0.15) is 6.92 Å². The Bertz CT molecular complexity index is 471. The van der Waals surface area contributed by atoms with Crippen LogP contribution < -0.4 is 0 Å². The van der Waals surface area contributed by atoms with Crippen molar-refractivity contribution in [2.75, 3.05) is 11.6 Å². The standard InChI is InChI=1S/C10H11Cl3O2S/c1-7(5-11)6-16(14,15)8-2-3-9(12)10(13)4-8/h2-4,7H,5-6H2,1H3. The Kier molecular flexibility index (Phi) is 4.92. The second kappa shape index (κ2) is 5.58. The van der Waals surface area contributed by atoms with E-state index in [9.17, 15) is 8.42 Å². The van der Waals surface area contributed by atoms with Crippen molar-refractivity contribution in [3.8, 4) is 0 Å². The highest BCUT2D eigenvalue weighted by atomic mass is 35.5. The third kappa shape index (κ3) is 3.52. The van der Waals surface area contributed by atoms with Crippen molar-refractivity contribution in [3.05, 3.63) is 28.2 Å². The molecule has 0 heterocycles. The van der Waals surface area contributed by atoms with Gasteiger partial charge in [-0.1, -0.05) is 30.1 Å². The summed E-state index contributed by atoms with van der Waals surface area (Å²) in [7, 11) is -3.34. The Morgan fingerprint density at radius 3 is 2.38 bits per heavy atom. The molecule has 1 atom stereocenters. The summed E-state index contributed by atoms with van der Waals surface area (Å²) in [6.07, 6.45) is 0. The Labute approximate surface area is 110 Å². The van der Waals surface area contributed by atoms with Gasteiger partial charge in [-0.25, -0.2) is 8.42 Å². The van der Waals surface area contributed by atoms with Crippen LogP contribution in [-0.2, 0) is 9.84 Å². The number of hydrogen-bond donors (Lipinski definition) is 0. The van der Waals surface area contributed by atoms with E-state index in [1.165, 1.54) is 18.2 Å². The summed E-state index contributed by atoms with van der Waals surface area (Å²) in [6, 6.07) is 4.28. The van der Waals surface area contributed by atoms with Crippen molar-refractivity contribution in [2.24, 2.45) is 5.92 Å². The zero-order chi connectivity index (χ0) is 12.3. The minimum Gasteiger partial charge on any atom is -0.224 e. The SMILES string of the molecule is CC(CCl)CS(=O)(=O)c1ccc(Cl)c(Cl)c1. The summed E-state index contributed by atoms with van der Waals surface area (Å²) in [6.45, 7) is 1.78. The molecule has 0 N–H and O–H groups in total. The second-order valence-electron chi connectivity index (χ2n) is 3.62. The summed E-state index contributed by atoms with van der Waals surface area (Å²) in [5.74, 6) is 0.218. The van der Waals surface area contributed by atoms with E-state index in [1.807, 2.05) is 0 Å². The molecule has 0 aliphatic heterocycles. The Morgan fingerprint density at radius 2 is 1.88 bits per heavy atom. The van der Waals surface area contributed by atoms with E-state index in [4.69, 9.17) is 34.8 Å². The van der Waals surface area contributed by atoms with Gasteiger partial charge >= 0.3 is 0 Å². The van der Waals surface area contributed by atoms with E-state index >= 15 is 0 Å². The number of rotatable bonds is 4. The van der Waals surface area contributed by atoms with Gasteiger partial charge in [-0.3, -0.25) is 0 Å². The summed E-state index contributed by atoms with van der Waals surface area (Å²) >= 11 is 17.1. The minimum absolute atomic E-state index is 0.00839. The zero-order valence-corrected chi connectivity index (χ0v) is 11.7. The average molecular weight is 302 g/mol. The van der Waals surface area contributed by atoms with Gasteiger partial charge in [-0.2, -0.15) is 0 Å². The summed E-state index contributed by atoms with van der Waals surface area (Å²) in [5, 5.41) is 0.576. The van der Waals surface area contributed by atoms with Crippen molar-refractivity contribution in [3.63, 3.8) is 0 Å². The first-order valence-corrected chi connectivity index (χ1v) is 7.55. The summed E-state index contributed by atoms with van der Waals surface area (Å²) < 4.78 is 23.8. The first kappa shape index (κ1) is 14.1. The number of sulfone groups is 1. The van der Waals surface area contributed by atoms with Gasteiger partial charge in [-0.05, 0) is 24.1 Å². The van der Waals surface area contributed by atoms with Gasteiger partial charge in [0.25, 0.3) is 0 Å². The largest absolute Gasteiger partial charge is 0.224 e. The molecular formula is C10H11Cl3O2S. The molecule has 0 aromatic heterocycles. The van der Waals surface area contributed by atoms with Gasteiger partial charge in [0.15, 0.2) is 9.84 Å². The molecule has 0 amide bonds. The predicted molar refractivity (Wildman–Crippen MR) is 68.4 cm³/mol. The summed E-state index contributed by atoms with van der Waals surface area (Å²) in [4.78, 5) is 0.180. The van der Waals surface area contributed by atoms with Crippen molar-refractivity contribution in [1.29, 1.82) is 0 Å². The minimum atomic E-state index is -3.34. The lowest BCUT2D eigenvalue weighted by Crippen LogP contribution is -2.15. The van der Waals surface area contributed by atoms with Crippen LogP contribution in [0.4, 0.5) is 0 Å². The molecule has 1 unspecified atom stereocenters. The molecule has 0 aliphatic rings. The Morgan fingerprint density at radius 1 is 1.25 bits per heavy atom. The van der Waals surface area contributed by atoms with Gasteiger partial charge in [0.2, 0.25) is 0 Å². The van der Waals surface area contributed by atoms with Crippen LogP contribution >= 0.6 is 34.8 Å². The first-order valence-electron chi connectivity index (χ1n) is 4.60. The van der Waals surface area contributed by atoms with E-state index < -0.39 is 9.84 Å². The van der Waals surface area contributed by atoms with Crippen LogP contribution in [-0.4, -0.2) is 20.1 Å². The molecule has 0 aliphatic carbocycles. The monoisotopic (exact) mass is 300 g/mol. The van der Waals surface area contributed by atoms with Crippen LogP contribution in [0.25, 0.3) is 0 Å². The highest BCUT2D eigenvalue weighted by Crippen LogP contribution is 2.26. The van der Waals surface area contributed by atoms with E-state index in [0.717, 1.165) is 0 Å². The van der Waals surface area contributed by atoms with Crippen LogP contribution in [0.5, 0.6) is 0 Å². The maximum atomic E-state index is 11.9. The van der Waals surface area contributed by atoms with E-state index in [2.05, 4.69) is 0 Å². The van der Waals surface area contributed by atoms with E-state index in [0.29, 0.717) is 10.9 Å². The summed E-state index contributed by atoms with van der Waals surface area (Å²) in [5.41, 5.74) is 0. The van der Waals surface area contributed by atoms with Crippen molar-refractivity contribution in [2.45, 2.75) is 11.8 Å². The fraction of sp³-hybridized carbons (Fsp3) is 0.400. The molecule has 1 aromatic rings. The maximum absolute atomic E-state index is 11.9. The highest BCUT2D eigenvalue weighted by Gasteiger charge is 2.18. The second-order valence-corrected chi connectivity index (χ2v) is 6.77. The van der Waals surface area contributed by atoms with E-state index in [-0.39, 0.29) is 21.6 Å². The quantitative estimate of drug-likeness (QED) is 0.796. The molecule has 90 valence electrons. The van der Waals surface area contributed by atoms with Crippen LogP contribution in [0.2, 0.25) is 10.0 Å². The number of hydrogen-bond acceptors (Lipinski definition) is 2. The van der Waals surface area contributed by atoms with Crippen LogP contribution in [0, 0.1) is 5.92 Å². The molecule has 0 fully saturated rings. The third-order valence-electron chi connectivity index (χ3n) is 2.02. The molecule has 1 aromatic carbocycles. The number of halogens is 3. The van der Waals surface area contributed by atoms with E-state index in [1.54, 1.807) is 6.92 Å². The lowest BCUT2D eigenvalue weighted by molar-refractivity contribution is 0.583. The lowest BCUT2D eigenvalue weighted by atomic mass is 10.3. The Hall–Kier alpha value is 0.0400. The van der Waals surface area contributed by atoms with Gasteiger partial charge in [0.05, 0.1) is 20.7 Å². The third-order valence-corrected chi connectivity index (χ3v) is 5.26. The van der Waals surface area contributed by atoms with Crippen molar-refractivity contribution >= 4 is 44.6 Å².